The molecule has 19 heavy (non-hydrogen) atoms. The first-order valence-electron chi connectivity index (χ1n) is 5.60. The van der Waals surface area contributed by atoms with Gasteiger partial charge in [-0.3, -0.25) is 4.79 Å². The van der Waals surface area contributed by atoms with Gasteiger partial charge in [0.05, 0.1) is 5.02 Å². The van der Waals surface area contributed by atoms with E-state index < -0.39 is 11.7 Å². The molecule has 0 saturated heterocycles. The average Bonchev–Trinajstić information content (AvgIpc) is 2.37. The second-order valence-corrected chi connectivity index (χ2v) is 4.42. The molecule has 0 heterocycles. The van der Waals surface area contributed by atoms with Crippen LogP contribution in [-0.4, -0.2) is 44.0 Å². The van der Waals surface area contributed by atoms with Crippen LogP contribution in [0.5, 0.6) is 0 Å². The molecule has 2 N–H and O–H groups in total. The van der Waals surface area contributed by atoms with E-state index in [0.717, 1.165) is 6.07 Å². The SMILES string of the molecule is CN(C)C(=O)NCCNC(=O)c1ccc(Cl)c(F)c1. The van der Waals surface area contributed by atoms with Crippen LogP contribution in [0.25, 0.3) is 0 Å². The van der Waals surface area contributed by atoms with Crippen LogP contribution in [0.4, 0.5) is 9.18 Å². The van der Waals surface area contributed by atoms with Crippen molar-refractivity contribution >= 4 is 23.5 Å². The molecule has 0 radical (unpaired) electrons. The number of amides is 3. The molecule has 0 aromatic heterocycles. The Bertz CT molecular complexity index is 480. The standard InChI is InChI=1S/C12H15ClFN3O2/c1-17(2)12(19)16-6-5-15-11(18)8-3-4-9(13)10(14)7-8/h3-4,7H,5-6H2,1-2H3,(H,15,18)(H,16,19). The van der Waals surface area contributed by atoms with E-state index in [2.05, 4.69) is 10.6 Å². The average molecular weight is 288 g/mol. The van der Waals surface area contributed by atoms with Crippen molar-refractivity contribution in [2.45, 2.75) is 0 Å². The van der Waals surface area contributed by atoms with Gasteiger partial charge in [0.2, 0.25) is 0 Å². The first-order valence-corrected chi connectivity index (χ1v) is 5.98. The number of benzene rings is 1. The number of urea groups is 1. The Morgan fingerprint density at radius 1 is 1.26 bits per heavy atom. The van der Waals surface area contributed by atoms with Crippen molar-refractivity contribution in [3.8, 4) is 0 Å². The van der Waals surface area contributed by atoms with Gasteiger partial charge in [0.1, 0.15) is 5.82 Å². The minimum absolute atomic E-state index is 0.0326. The van der Waals surface area contributed by atoms with Crippen LogP contribution in [0, 0.1) is 5.82 Å². The van der Waals surface area contributed by atoms with Gasteiger partial charge in [-0.25, -0.2) is 9.18 Å². The molecule has 104 valence electrons. The zero-order valence-corrected chi connectivity index (χ0v) is 11.4. The van der Waals surface area contributed by atoms with Crippen LogP contribution < -0.4 is 10.6 Å². The molecule has 1 rings (SSSR count). The summed E-state index contributed by atoms with van der Waals surface area (Å²) < 4.78 is 13.1. The smallest absolute Gasteiger partial charge is 0.316 e. The molecule has 1 aromatic carbocycles. The molecule has 0 aliphatic carbocycles. The largest absolute Gasteiger partial charge is 0.350 e. The highest BCUT2D eigenvalue weighted by molar-refractivity contribution is 6.30. The lowest BCUT2D eigenvalue weighted by molar-refractivity contribution is 0.0953. The van der Waals surface area contributed by atoms with Crippen molar-refractivity contribution in [1.82, 2.24) is 15.5 Å². The molecule has 0 atom stereocenters. The molecular weight excluding hydrogens is 273 g/mol. The van der Waals surface area contributed by atoms with Crippen LogP contribution in [0.2, 0.25) is 5.02 Å². The Balaban J connectivity index is 2.39. The van der Waals surface area contributed by atoms with Gasteiger partial charge in [-0.2, -0.15) is 0 Å². The third-order valence-electron chi connectivity index (χ3n) is 2.27. The Hall–Kier alpha value is -1.82. The molecule has 0 saturated carbocycles. The Morgan fingerprint density at radius 2 is 1.89 bits per heavy atom. The molecule has 5 nitrogen and oxygen atoms in total. The Kier molecular flexibility index (Phi) is 5.57. The van der Waals surface area contributed by atoms with Crippen LogP contribution >= 0.6 is 11.6 Å². The van der Waals surface area contributed by atoms with Gasteiger partial charge >= 0.3 is 6.03 Å². The van der Waals surface area contributed by atoms with Gasteiger partial charge in [0, 0.05) is 32.7 Å². The lowest BCUT2D eigenvalue weighted by Crippen LogP contribution is -2.39. The number of nitrogens with zero attached hydrogens (tertiary/aromatic N) is 1. The minimum Gasteiger partial charge on any atom is -0.350 e. The molecule has 0 spiro atoms. The normalized spacial score (nSPS) is 9.89. The van der Waals surface area contributed by atoms with Gasteiger partial charge in [-0.05, 0) is 18.2 Å². The third kappa shape index (κ3) is 4.75. The van der Waals surface area contributed by atoms with Gasteiger partial charge in [0.25, 0.3) is 5.91 Å². The molecule has 1 aromatic rings. The predicted molar refractivity (Wildman–Crippen MR) is 70.8 cm³/mol. The minimum atomic E-state index is -0.643. The van der Waals surface area contributed by atoms with Crippen LogP contribution in [0.1, 0.15) is 10.4 Å². The fourth-order valence-corrected chi connectivity index (χ4v) is 1.36. The number of halogens is 2. The predicted octanol–water partition coefficient (Wildman–Crippen LogP) is 1.48. The van der Waals surface area contributed by atoms with Crippen LogP contribution in [-0.2, 0) is 0 Å². The summed E-state index contributed by atoms with van der Waals surface area (Å²) in [6, 6.07) is 3.57. The molecule has 0 aliphatic heterocycles. The van der Waals surface area contributed by atoms with Gasteiger partial charge in [0.15, 0.2) is 0 Å². The van der Waals surface area contributed by atoms with Gasteiger partial charge < -0.3 is 15.5 Å². The van der Waals surface area contributed by atoms with E-state index >= 15 is 0 Å². The number of carbonyl (C=O) groups excluding carboxylic acids is 2. The highest BCUT2D eigenvalue weighted by Gasteiger charge is 2.08. The summed E-state index contributed by atoms with van der Waals surface area (Å²) in [6.45, 7) is 0.543. The van der Waals surface area contributed by atoms with E-state index in [-0.39, 0.29) is 23.2 Å². The maximum Gasteiger partial charge on any atom is 0.316 e. The van der Waals surface area contributed by atoms with E-state index in [0.29, 0.717) is 6.54 Å². The van der Waals surface area contributed by atoms with E-state index in [4.69, 9.17) is 11.6 Å². The number of carbonyl (C=O) groups is 2. The van der Waals surface area contributed by atoms with Crippen LogP contribution in [0.3, 0.4) is 0 Å². The lowest BCUT2D eigenvalue weighted by Gasteiger charge is -2.12. The molecular formula is C12H15ClFN3O2. The fraction of sp³-hybridized carbons (Fsp3) is 0.333. The number of hydrogen-bond acceptors (Lipinski definition) is 2. The first kappa shape index (κ1) is 15.2. The summed E-state index contributed by atoms with van der Waals surface area (Å²) in [5.74, 6) is -1.06. The summed E-state index contributed by atoms with van der Waals surface area (Å²) in [5, 5.41) is 5.11. The molecule has 0 unspecified atom stereocenters. The maximum absolute atomic E-state index is 13.1. The molecule has 7 heteroatoms. The van der Waals surface area contributed by atoms with Crippen molar-refractivity contribution in [2.75, 3.05) is 27.2 Å². The zero-order valence-electron chi connectivity index (χ0n) is 10.7. The van der Waals surface area contributed by atoms with Crippen LogP contribution in [0.15, 0.2) is 18.2 Å². The topological polar surface area (TPSA) is 61.4 Å². The van der Waals surface area contributed by atoms with E-state index in [1.54, 1.807) is 14.1 Å². The number of hydrogen-bond donors (Lipinski definition) is 2. The molecule has 0 fully saturated rings. The summed E-state index contributed by atoms with van der Waals surface area (Å²) in [4.78, 5) is 24.2. The highest BCUT2D eigenvalue weighted by atomic mass is 35.5. The third-order valence-corrected chi connectivity index (χ3v) is 2.58. The van der Waals surface area contributed by atoms with Crippen molar-refractivity contribution in [3.05, 3.63) is 34.6 Å². The number of rotatable bonds is 4. The maximum atomic E-state index is 13.1. The summed E-state index contributed by atoms with van der Waals surface area (Å²) >= 11 is 5.52. The van der Waals surface area contributed by atoms with E-state index in [9.17, 15) is 14.0 Å². The van der Waals surface area contributed by atoms with E-state index in [1.165, 1.54) is 17.0 Å². The summed E-state index contributed by atoms with van der Waals surface area (Å²) in [6.07, 6.45) is 0. The number of nitrogens with one attached hydrogen (secondary N) is 2. The highest BCUT2D eigenvalue weighted by Crippen LogP contribution is 2.15. The second-order valence-electron chi connectivity index (χ2n) is 4.01. The molecule has 0 aliphatic rings. The van der Waals surface area contributed by atoms with Crippen molar-refractivity contribution < 1.29 is 14.0 Å². The Labute approximate surface area is 115 Å². The van der Waals surface area contributed by atoms with Gasteiger partial charge in [-0.1, -0.05) is 11.6 Å². The van der Waals surface area contributed by atoms with Crippen molar-refractivity contribution in [1.29, 1.82) is 0 Å². The monoisotopic (exact) mass is 287 g/mol. The first-order chi connectivity index (χ1) is 8.91. The quantitative estimate of drug-likeness (QED) is 0.824. The molecule has 3 amide bonds. The zero-order chi connectivity index (χ0) is 14.4. The van der Waals surface area contributed by atoms with E-state index in [1.807, 2.05) is 0 Å². The van der Waals surface area contributed by atoms with Gasteiger partial charge in [-0.15, -0.1) is 0 Å². The van der Waals surface area contributed by atoms with Crippen molar-refractivity contribution in [2.24, 2.45) is 0 Å². The van der Waals surface area contributed by atoms with Crippen molar-refractivity contribution in [3.63, 3.8) is 0 Å². The lowest BCUT2D eigenvalue weighted by atomic mass is 10.2. The fourth-order valence-electron chi connectivity index (χ4n) is 1.24. The second kappa shape index (κ2) is 6.94. The Morgan fingerprint density at radius 3 is 2.47 bits per heavy atom. The summed E-state index contributed by atoms with van der Waals surface area (Å²) in [5.41, 5.74) is 0.181. The summed E-state index contributed by atoms with van der Waals surface area (Å²) in [7, 11) is 3.23. The molecule has 0 bridgehead atoms.